The number of hydrogen-bond donors (Lipinski definition) is 1. The molecule has 0 aliphatic heterocycles. The Bertz CT molecular complexity index is 343. The van der Waals surface area contributed by atoms with Gasteiger partial charge in [0.1, 0.15) is 5.75 Å². The summed E-state index contributed by atoms with van der Waals surface area (Å²) in [4.78, 5) is 11.6. The van der Waals surface area contributed by atoms with Crippen molar-refractivity contribution < 1.29 is 9.53 Å². The molecule has 1 amide bonds. The SMILES string of the molecule is Cc1ccc(O[C@H](C)C(=O)NC(C)C)cc1. The Morgan fingerprint density at radius 1 is 1.19 bits per heavy atom. The van der Waals surface area contributed by atoms with Crippen LogP contribution in [0.4, 0.5) is 0 Å². The molecule has 0 saturated carbocycles. The number of aryl methyl sites for hydroxylation is 1. The van der Waals surface area contributed by atoms with Crippen LogP contribution in [0, 0.1) is 6.92 Å². The van der Waals surface area contributed by atoms with Gasteiger partial charge in [0.15, 0.2) is 6.10 Å². The van der Waals surface area contributed by atoms with Gasteiger partial charge in [-0.15, -0.1) is 0 Å². The van der Waals surface area contributed by atoms with Crippen LogP contribution in [0.3, 0.4) is 0 Å². The van der Waals surface area contributed by atoms with Gasteiger partial charge in [-0.1, -0.05) is 17.7 Å². The molecule has 1 atom stereocenters. The minimum atomic E-state index is -0.467. The molecule has 1 N–H and O–H groups in total. The zero-order valence-electron chi connectivity index (χ0n) is 10.3. The molecule has 0 unspecified atom stereocenters. The summed E-state index contributed by atoms with van der Waals surface area (Å²) in [6.45, 7) is 7.61. The maximum Gasteiger partial charge on any atom is 0.260 e. The molecule has 0 spiro atoms. The summed E-state index contributed by atoms with van der Waals surface area (Å²) < 4.78 is 5.52. The summed E-state index contributed by atoms with van der Waals surface area (Å²) in [6, 6.07) is 7.80. The van der Waals surface area contributed by atoms with E-state index in [1.165, 1.54) is 5.56 Å². The highest BCUT2D eigenvalue weighted by Gasteiger charge is 2.14. The van der Waals surface area contributed by atoms with Gasteiger partial charge in [-0.25, -0.2) is 0 Å². The van der Waals surface area contributed by atoms with E-state index in [1.54, 1.807) is 6.92 Å². The van der Waals surface area contributed by atoms with Crippen LogP contribution in [0.2, 0.25) is 0 Å². The average molecular weight is 221 g/mol. The molecule has 1 rings (SSSR count). The number of ether oxygens (including phenoxy) is 1. The monoisotopic (exact) mass is 221 g/mol. The van der Waals surface area contributed by atoms with Crippen molar-refractivity contribution >= 4 is 5.91 Å². The minimum Gasteiger partial charge on any atom is -0.481 e. The van der Waals surface area contributed by atoms with Crippen molar-refractivity contribution in [3.63, 3.8) is 0 Å². The van der Waals surface area contributed by atoms with Crippen LogP contribution in [0.1, 0.15) is 26.3 Å². The first-order valence-electron chi connectivity index (χ1n) is 5.52. The van der Waals surface area contributed by atoms with E-state index < -0.39 is 6.10 Å². The summed E-state index contributed by atoms with van der Waals surface area (Å²) in [6.07, 6.45) is -0.467. The Morgan fingerprint density at radius 2 is 1.75 bits per heavy atom. The topological polar surface area (TPSA) is 38.3 Å². The first-order valence-corrected chi connectivity index (χ1v) is 5.52. The molecule has 16 heavy (non-hydrogen) atoms. The van der Waals surface area contributed by atoms with E-state index >= 15 is 0 Å². The molecule has 3 nitrogen and oxygen atoms in total. The quantitative estimate of drug-likeness (QED) is 0.847. The van der Waals surface area contributed by atoms with Crippen molar-refractivity contribution in [1.82, 2.24) is 5.32 Å². The standard InChI is InChI=1S/C13H19NO2/c1-9(2)14-13(15)11(4)16-12-7-5-10(3)6-8-12/h5-9,11H,1-4H3,(H,14,15)/t11-/m1/s1. The van der Waals surface area contributed by atoms with E-state index in [2.05, 4.69) is 5.32 Å². The predicted octanol–water partition coefficient (Wildman–Crippen LogP) is 2.29. The van der Waals surface area contributed by atoms with E-state index in [0.717, 1.165) is 5.75 Å². The lowest BCUT2D eigenvalue weighted by Gasteiger charge is -2.16. The third-order valence-corrected chi connectivity index (χ3v) is 2.13. The normalized spacial score (nSPS) is 12.3. The second-order valence-electron chi connectivity index (χ2n) is 4.24. The van der Waals surface area contributed by atoms with Crippen molar-refractivity contribution in [2.45, 2.75) is 39.8 Å². The van der Waals surface area contributed by atoms with Gasteiger partial charge in [-0.2, -0.15) is 0 Å². The van der Waals surface area contributed by atoms with Crippen LogP contribution in [-0.2, 0) is 4.79 Å². The predicted molar refractivity (Wildman–Crippen MR) is 64.5 cm³/mol. The number of hydrogen-bond acceptors (Lipinski definition) is 2. The average Bonchev–Trinajstić information content (AvgIpc) is 2.20. The molecule has 1 aromatic rings. The van der Waals surface area contributed by atoms with Gasteiger partial charge < -0.3 is 10.1 Å². The van der Waals surface area contributed by atoms with E-state index in [0.29, 0.717) is 0 Å². The Morgan fingerprint density at radius 3 is 2.25 bits per heavy atom. The van der Waals surface area contributed by atoms with Crippen molar-refractivity contribution in [1.29, 1.82) is 0 Å². The highest BCUT2D eigenvalue weighted by atomic mass is 16.5. The number of nitrogens with one attached hydrogen (secondary N) is 1. The van der Waals surface area contributed by atoms with E-state index in [4.69, 9.17) is 4.74 Å². The summed E-state index contributed by atoms with van der Waals surface area (Å²) >= 11 is 0. The summed E-state index contributed by atoms with van der Waals surface area (Å²) in [5.41, 5.74) is 1.17. The van der Waals surface area contributed by atoms with E-state index in [-0.39, 0.29) is 11.9 Å². The first kappa shape index (κ1) is 12.6. The lowest BCUT2D eigenvalue weighted by Crippen LogP contribution is -2.39. The van der Waals surface area contributed by atoms with Crippen molar-refractivity contribution in [2.75, 3.05) is 0 Å². The molecule has 3 heteroatoms. The second kappa shape index (κ2) is 5.54. The van der Waals surface area contributed by atoms with Gasteiger partial charge in [0.05, 0.1) is 0 Å². The molecular formula is C13H19NO2. The minimum absolute atomic E-state index is 0.0874. The fourth-order valence-corrected chi connectivity index (χ4v) is 1.28. The Balaban J connectivity index is 2.53. The molecule has 0 aliphatic carbocycles. The van der Waals surface area contributed by atoms with Crippen molar-refractivity contribution in [3.8, 4) is 5.75 Å². The van der Waals surface area contributed by atoms with Crippen LogP contribution < -0.4 is 10.1 Å². The van der Waals surface area contributed by atoms with Gasteiger partial charge in [0.25, 0.3) is 5.91 Å². The van der Waals surface area contributed by atoms with Crippen LogP contribution in [0.15, 0.2) is 24.3 Å². The third-order valence-electron chi connectivity index (χ3n) is 2.13. The fraction of sp³-hybridized carbons (Fsp3) is 0.462. The number of carbonyl (C=O) groups excluding carboxylic acids is 1. The van der Waals surface area contributed by atoms with Crippen LogP contribution in [-0.4, -0.2) is 18.1 Å². The van der Waals surface area contributed by atoms with Crippen LogP contribution in [0.5, 0.6) is 5.75 Å². The summed E-state index contributed by atoms with van der Waals surface area (Å²) in [7, 11) is 0. The van der Waals surface area contributed by atoms with Crippen LogP contribution in [0.25, 0.3) is 0 Å². The molecular weight excluding hydrogens is 202 g/mol. The Labute approximate surface area is 96.8 Å². The summed E-state index contributed by atoms with van der Waals surface area (Å²) in [5.74, 6) is 0.632. The van der Waals surface area contributed by atoms with Crippen LogP contribution >= 0.6 is 0 Å². The summed E-state index contributed by atoms with van der Waals surface area (Å²) in [5, 5.41) is 2.81. The van der Waals surface area contributed by atoms with E-state index in [9.17, 15) is 4.79 Å². The highest BCUT2D eigenvalue weighted by molar-refractivity contribution is 5.80. The van der Waals surface area contributed by atoms with Crippen molar-refractivity contribution in [2.24, 2.45) is 0 Å². The lowest BCUT2D eigenvalue weighted by molar-refractivity contribution is -0.127. The largest absolute Gasteiger partial charge is 0.481 e. The number of rotatable bonds is 4. The molecule has 0 saturated heterocycles. The molecule has 0 fully saturated rings. The lowest BCUT2D eigenvalue weighted by atomic mass is 10.2. The van der Waals surface area contributed by atoms with Gasteiger partial charge in [-0.05, 0) is 39.8 Å². The van der Waals surface area contributed by atoms with E-state index in [1.807, 2.05) is 45.0 Å². The molecule has 0 heterocycles. The maximum absolute atomic E-state index is 11.6. The Hall–Kier alpha value is -1.51. The fourth-order valence-electron chi connectivity index (χ4n) is 1.28. The molecule has 0 radical (unpaired) electrons. The number of carbonyl (C=O) groups is 1. The molecule has 0 bridgehead atoms. The number of amides is 1. The van der Waals surface area contributed by atoms with Crippen molar-refractivity contribution in [3.05, 3.63) is 29.8 Å². The van der Waals surface area contributed by atoms with Gasteiger partial charge in [0, 0.05) is 6.04 Å². The highest BCUT2D eigenvalue weighted by Crippen LogP contribution is 2.13. The molecule has 0 aromatic heterocycles. The number of benzene rings is 1. The third kappa shape index (κ3) is 3.93. The maximum atomic E-state index is 11.6. The smallest absolute Gasteiger partial charge is 0.260 e. The first-order chi connectivity index (χ1) is 7.49. The second-order valence-corrected chi connectivity index (χ2v) is 4.24. The zero-order chi connectivity index (χ0) is 12.1. The van der Waals surface area contributed by atoms with Gasteiger partial charge >= 0.3 is 0 Å². The van der Waals surface area contributed by atoms with Gasteiger partial charge in [-0.3, -0.25) is 4.79 Å². The van der Waals surface area contributed by atoms with Gasteiger partial charge in [0.2, 0.25) is 0 Å². The molecule has 0 aliphatic rings. The zero-order valence-corrected chi connectivity index (χ0v) is 10.3. The Kier molecular flexibility index (Phi) is 4.35. The molecule has 88 valence electrons. The molecule has 1 aromatic carbocycles.